The van der Waals surface area contributed by atoms with Gasteiger partial charge >= 0.3 is 11.9 Å². The Morgan fingerprint density at radius 1 is 1.17 bits per heavy atom. The molecular weight excluding hydrogens is 316 g/mol. The number of amides is 1. The van der Waals surface area contributed by atoms with E-state index < -0.39 is 24.5 Å². The van der Waals surface area contributed by atoms with Crippen LogP contribution in [0.15, 0.2) is 28.8 Å². The van der Waals surface area contributed by atoms with Crippen molar-refractivity contribution in [2.75, 3.05) is 19.0 Å². The molecule has 24 heavy (non-hydrogen) atoms. The van der Waals surface area contributed by atoms with E-state index in [0.717, 1.165) is 5.56 Å². The molecule has 0 aliphatic carbocycles. The molecule has 0 aliphatic rings. The Hall–Kier alpha value is -3.16. The topological polar surface area (TPSA) is 108 Å². The molecule has 0 atom stereocenters. The van der Waals surface area contributed by atoms with Gasteiger partial charge in [-0.15, -0.1) is 0 Å². The second-order valence-corrected chi connectivity index (χ2v) is 4.98. The number of aryl methyl sites for hydroxylation is 2. The number of aromatic nitrogens is 1. The van der Waals surface area contributed by atoms with Crippen LogP contribution in [0.2, 0.25) is 0 Å². The monoisotopic (exact) mass is 332 g/mol. The first-order valence-electron chi connectivity index (χ1n) is 7.00. The lowest BCUT2D eigenvalue weighted by Crippen LogP contribution is -2.21. The minimum Gasteiger partial charge on any atom is -0.465 e. The fourth-order valence-corrected chi connectivity index (χ4v) is 1.85. The van der Waals surface area contributed by atoms with Crippen LogP contribution >= 0.6 is 0 Å². The lowest BCUT2D eigenvalue weighted by molar-refractivity contribution is -0.119. The van der Waals surface area contributed by atoms with E-state index in [9.17, 15) is 14.4 Å². The van der Waals surface area contributed by atoms with Crippen molar-refractivity contribution in [3.05, 3.63) is 46.8 Å². The molecule has 0 unspecified atom stereocenters. The number of hydrogen-bond donors (Lipinski definition) is 1. The summed E-state index contributed by atoms with van der Waals surface area (Å²) in [6, 6.07) is 6.15. The molecule has 1 aromatic heterocycles. The van der Waals surface area contributed by atoms with Crippen molar-refractivity contribution in [2.45, 2.75) is 13.8 Å². The lowest BCUT2D eigenvalue weighted by atomic mass is 10.1. The number of anilines is 1. The van der Waals surface area contributed by atoms with E-state index >= 15 is 0 Å². The number of carbonyl (C=O) groups is 3. The van der Waals surface area contributed by atoms with E-state index in [0.29, 0.717) is 16.9 Å². The summed E-state index contributed by atoms with van der Waals surface area (Å²) in [5.41, 5.74) is 2.00. The molecule has 0 radical (unpaired) electrons. The first kappa shape index (κ1) is 17.2. The first-order valence-corrected chi connectivity index (χ1v) is 7.00. The summed E-state index contributed by atoms with van der Waals surface area (Å²) in [5.74, 6) is -1.93. The molecule has 1 aromatic carbocycles. The summed E-state index contributed by atoms with van der Waals surface area (Å²) in [6.07, 6.45) is 0. The van der Waals surface area contributed by atoms with Crippen molar-refractivity contribution < 1.29 is 28.4 Å². The van der Waals surface area contributed by atoms with E-state index in [1.165, 1.54) is 19.2 Å². The van der Waals surface area contributed by atoms with Crippen molar-refractivity contribution in [1.82, 2.24) is 5.16 Å². The van der Waals surface area contributed by atoms with Crippen LogP contribution in [-0.2, 0) is 14.3 Å². The summed E-state index contributed by atoms with van der Waals surface area (Å²) in [6.45, 7) is 2.92. The van der Waals surface area contributed by atoms with Crippen molar-refractivity contribution in [1.29, 1.82) is 0 Å². The van der Waals surface area contributed by atoms with Gasteiger partial charge in [-0.1, -0.05) is 11.2 Å². The zero-order valence-corrected chi connectivity index (χ0v) is 13.4. The van der Waals surface area contributed by atoms with E-state index in [2.05, 4.69) is 15.2 Å². The van der Waals surface area contributed by atoms with Crippen LogP contribution in [0, 0.1) is 13.8 Å². The minimum atomic E-state index is -0.786. The molecule has 0 bridgehead atoms. The molecule has 8 heteroatoms. The largest absolute Gasteiger partial charge is 0.465 e. The van der Waals surface area contributed by atoms with Crippen molar-refractivity contribution >= 4 is 23.5 Å². The maximum atomic E-state index is 11.9. The van der Waals surface area contributed by atoms with Crippen LogP contribution < -0.4 is 5.32 Å². The van der Waals surface area contributed by atoms with Gasteiger partial charge in [0.05, 0.1) is 18.4 Å². The molecule has 1 amide bonds. The van der Waals surface area contributed by atoms with Gasteiger partial charge < -0.3 is 19.3 Å². The number of nitrogens with zero attached hydrogens (tertiary/aromatic N) is 1. The van der Waals surface area contributed by atoms with Crippen LogP contribution in [-0.4, -0.2) is 36.7 Å². The van der Waals surface area contributed by atoms with Crippen LogP contribution in [0.5, 0.6) is 0 Å². The molecule has 126 valence electrons. The van der Waals surface area contributed by atoms with E-state index in [1.807, 2.05) is 0 Å². The van der Waals surface area contributed by atoms with E-state index in [-0.39, 0.29) is 5.76 Å². The van der Waals surface area contributed by atoms with Gasteiger partial charge in [0.2, 0.25) is 5.76 Å². The average Bonchev–Trinajstić information content (AvgIpc) is 3.00. The second kappa shape index (κ2) is 7.40. The Morgan fingerprint density at radius 3 is 2.54 bits per heavy atom. The van der Waals surface area contributed by atoms with Gasteiger partial charge in [-0.3, -0.25) is 4.79 Å². The highest BCUT2D eigenvalue weighted by Crippen LogP contribution is 2.17. The van der Waals surface area contributed by atoms with E-state index in [4.69, 9.17) is 9.26 Å². The number of nitrogens with one attached hydrogen (secondary N) is 1. The van der Waals surface area contributed by atoms with Crippen LogP contribution in [0.25, 0.3) is 0 Å². The third-order valence-corrected chi connectivity index (χ3v) is 3.10. The summed E-state index contributed by atoms with van der Waals surface area (Å²) in [7, 11) is 1.27. The smallest absolute Gasteiger partial charge is 0.377 e. The Morgan fingerprint density at radius 2 is 1.92 bits per heavy atom. The summed E-state index contributed by atoms with van der Waals surface area (Å²) in [4.78, 5) is 35.1. The SMILES string of the molecule is COC(=O)c1ccc(C)c(NC(=O)COC(=O)c2cc(C)no2)c1. The molecule has 0 spiro atoms. The summed E-state index contributed by atoms with van der Waals surface area (Å²) in [5, 5.41) is 6.13. The molecule has 0 fully saturated rings. The van der Waals surface area contributed by atoms with Gasteiger partial charge in [0.15, 0.2) is 6.61 Å². The van der Waals surface area contributed by atoms with E-state index in [1.54, 1.807) is 26.0 Å². The van der Waals surface area contributed by atoms with Gasteiger partial charge in [0.25, 0.3) is 5.91 Å². The number of hydrogen-bond acceptors (Lipinski definition) is 7. The fourth-order valence-electron chi connectivity index (χ4n) is 1.85. The molecule has 0 saturated heterocycles. The Kier molecular flexibility index (Phi) is 5.31. The highest BCUT2D eigenvalue weighted by atomic mass is 16.6. The van der Waals surface area contributed by atoms with Crippen molar-refractivity contribution in [3.63, 3.8) is 0 Å². The number of ether oxygens (including phenoxy) is 2. The summed E-state index contributed by atoms with van der Waals surface area (Å²) < 4.78 is 14.2. The average molecular weight is 332 g/mol. The Balaban J connectivity index is 1.97. The molecule has 0 saturated carbocycles. The number of carbonyl (C=O) groups excluding carboxylic acids is 3. The summed E-state index contributed by atoms with van der Waals surface area (Å²) >= 11 is 0. The zero-order chi connectivity index (χ0) is 17.7. The van der Waals surface area contributed by atoms with Crippen molar-refractivity contribution in [3.8, 4) is 0 Å². The van der Waals surface area contributed by atoms with Gasteiger partial charge in [-0.05, 0) is 31.5 Å². The molecule has 8 nitrogen and oxygen atoms in total. The third kappa shape index (κ3) is 4.19. The molecular formula is C16H16N2O6. The predicted molar refractivity (Wildman–Crippen MR) is 82.7 cm³/mol. The van der Waals surface area contributed by atoms with Crippen molar-refractivity contribution in [2.24, 2.45) is 0 Å². The molecule has 0 aliphatic heterocycles. The molecule has 1 heterocycles. The second-order valence-electron chi connectivity index (χ2n) is 4.98. The normalized spacial score (nSPS) is 10.1. The van der Waals surface area contributed by atoms with Crippen LogP contribution in [0.1, 0.15) is 32.2 Å². The zero-order valence-electron chi connectivity index (χ0n) is 13.4. The van der Waals surface area contributed by atoms with Crippen LogP contribution in [0.4, 0.5) is 5.69 Å². The molecule has 2 rings (SSSR count). The lowest BCUT2D eigenvalue weighted by Gasteiger charge is -2.10. The van der Waals surface area contributed by atoms with Gasteiger partial charge in [-0.2, -0.15) is 0 Å². The number of esters is 2. The van der Waals surface area contributed by atoms with Crippen LogP contribution in [0.3, 0.4) is 0 Å². The number of rotatable bonds is 5. The Bertz CT molecular complexity index is 781. The molecule has 1 N–H and O–H groups in total. The molecule has 2 aromatic rings. The quantitative estimate of drug-likeness (QED) is 0.833. The highest BCUT2D eigenvalue weighted by molar-refractivity contribution is 5.97. The fraction of sp³-hybridized carbons (Fsp3) is 0.250. The number of benzene rings is 1. The maximum absolute atomic E-state index is 11.9. The van der Waals surface area contributed by atoms with Gasteiger partial charge in [0, 0.05) is 11.8 Å². The number of methoxy groups -OCH3 is 1. The van der Waals surface area contributed by atoms with Gasteiger partial charge in [-0.25, -0.2) is 9.59 Å². The standard InChI is InChI=1S/C16H16N2O6/c1-9-4-5-11(15(20)22-3)7-12(9)17-14(19)8-23-16(21)13-6-10(2)18-24-13/h4-7H,8H2,1-3H3,(H,17,19). The first-order chi connectivity index (χ1) is 11.4. The minimum absolute atomic E-state index is 0.0795. The van der Waals surface area contributed by atoms with Gasteiger partial charge in [0.1, 0.15) is 0 Å². The predicted octanol–water partition coefficient (Wildman–Crippen LogP) is 1.87. The Labute approximate surface area is 137 Å². The third-order valence-electron chi connectivity index (χ3n) is 3.10. The highest BCUT2D eigenvalue weighted by Gasteiger charge is 2.16. The maximum Gasteiger partial charge on any atom is 0.377 e.